The van der Waals surface area contributed by atoms with E-state index in [4.69, 9.17) is 9.47 Å². The number of ether oxygens (including phenoxy) is 2. The lowest BCUT2D eigenvalue weighted by molar-refractivity contribution is -0.144. The van der Waals surface area contributed by atoms with Crippen LogP contribution in [-0.4, -0.2) is 90.7 Å². The van der Waals surface area contributed by atoms with Gasteiger partial charge in [-0.15, -0.1) is 0 Å². The highest BCUT2D eigenvalue weighted by Crippen LogP contribution is 2.52. The molecule has 8 nitrogen and oxygen atoms in total. The lowest BCUT2D eigenvalue weighted by atomic mass is 9.76. The van der Waals surface area contributed by atoms with Gasteiger partial charge in [0.2, 0.25) is 11.8 Å². The quantitative estimate of drug-likeness (QED) is 0.641. The molecule has 4 aliphatic heterocycles. The molecule has 29 heavy (non-hydrogen) atoms. The third-order valence-electron chi connectivity index (χ3n) is 7.12. The van der Waals surface area contributed by atoms with Crippen molar-refractivity contribution in [3.8, 4) is 0 Å². The number of rotatable bonds is 5. The molecular formula is C21H31N3O5. The molecule has 0 radical (unpaired) electrons. The number of amides is 3. The summed E-state index contributed by atoms with van der Waals surface area (Å²) in [4.78, 5) is 43.6. The number of carbonyl (C=O) groups is 3. The molecule has 0 N–H and O–H groups in total. The first-order chi connectivity index (χ1) is 13.9. The first-order valence-electron chi connectivity index (χ1n) is 10.7. The number of piperazine rings is 1. The third-order valence-corrected chi connectivity index (χ3v) is 7.12. The smallest absolute Gasteiger partial charge is 0.409 e. The fourth-order valence-corrected chi connectivity index (χ4v) is 5.32. The van der Waals surface area contributed by atoms with Gasteiger partial charge in [-0.05, 0) is 5.92 Å². The molecule has 0 unspecified atom stereocenters. The summed E-state index contributed by atoms with van der Waals surface area (Å²) in [5.41, 5.74) is -0.651. The Morgan fingerprint density at radius 2 is 1.86 bits per heavy atom. The topological polar surface area (TPSA) is 79.4 Å². The number of nitrogens with zero attached hydrogens (tertiary/aromatic N) is 3. The Labute approximate surface area is 171 Å². The summed E-state index contributed by atoms with van der Waals surface area (Å²) >= 11 is 0. The van der Waals surface area contributed by atoms with Crippen LogP contribution in [0.3, 0.4) is 0 Å². The molecule has 4 atom stereocenters. The number of hydrogen-bond donors (Lipinski definition) is 0. The normalized spacial score (nSPS) is 33.0. The lowest BCUT2D eigenvalue weighted by Gasteiger charge is -2.36. The molecule has 4 heterocycles. The monoisotopic (exact) mass is 405 g/mol. The summed E-state index contributed by atoms with van der Waals surface area (Å²) < 4.78 is 11.0. The van der Waals surface area contributed by atoms with Crippen LogP contribution in [0.1, 0.15) is 26.7 Å². The predicted octanol–water partition coefficient (Wildman–Crippen LogP) is 1.12. The Kier molecular flexibility index (Phi) is 5.31. The summed E-state index contributed by atoms with van der Waals surface area (Å²) in [5, 5.41) is 0. The van der Waals surface area contributed by atoms with Crippen molar-refractivity contribution in [2.45, 2.75) is 38.4 Å². The van der Waals surface area contributed by atoms with Crippen molar-refractivity contribution in [2.75, 3.05) is 46.4 Å². The van der Waals surface area contributed by atoms with Crippen LogP contribution in [0.4, 0.5) is 4.79 Å². The van der Waals surface area contributed by atoms with E-state index in [9.17, 15) is 14.4 Å². The van der Waals surface area contributed by atoms with Crippen molar-refractivity contribution < 1.29 is 23.9 Å². The molecule has 0 saturated carbocycles. The summed E-state index contributed by atoms with van der Waals surface area (Å²) in [6.07, 6.45) is 5.33. The fourth-order valence-electron chi connectivity index (χ4n) is 5.32. The molecule has 3 saturated heterocycles. The molecule has 0 aromatic carbocycles. The van der Waals surface area contributed by atoms with Gasteiger partial charge in [-0.25, -0.2) is 4.79 Å². The van der Waals surface area contributed by atoms with E-state index in [0.29, 0.717) is 38.6 Å². The van der Waals surface area contributed by atoms with Crippen molar-refractivity contribution >= 4 is 17.9 Å². The van der Waals surface area contributed by atoms with E-state index in [0.717, 1.165) is 19.4 Å². The Hall–Kier alpha value is -2.09. The second kappa shape index (κ2) is 7.63. The average molecular weight is 405 g/mol. The van der Waals surface area contributed by atoms with Crippen molar-refractivity contribution in [1.82, 2.24) is 14.7 Å². The average Bonchev–Trinajstić information content (AvgIpc) is 3.39. The fraction of sp³-hybridized carbons (Fsp3) is 0.762. The number of methoxy groups -OCH3 is 1. The molecule has 3 fully saturated rings. The van der Waals surface area contributed by atoms with Crippen LogP contribution in [0.25, 0.3) is 0 Å². The second-order valence-electron chi connectivity index (χ2n) is 8.58. The van der Waals surface area contributed by atoms with Crippen LogP contribution < -0.4 is 0 Å². The molecule has 1 spiro atoms. The number of fused-ring (bicyclic) bond motifs is 1. The molecule has 160 valence electrons. The maximum Gasteiger partial charge on any atom is 0.409 e. The first kappa shape index (κ1) is 20.2. The molecule has 0 aromatic heterocycles. The highest BCUT2D eigenvalue weighted by molar-refractivity contribution is 5.93. The number of likely N-dealkylation sites (tertiary alicyclic amines) is 1. The summed E-state index contributed by atoms with van der Waals surface area (Å²) in [7, 11) is 1.36. The highest BCUT2D eigenvalue weighted by Gasteiger charge is 2.67. The second-order valence-corrected chi connectivity index (χ2v) is 8.58. The van der Waals surface area contributed by atoms with Crippen LogP contribution in [0.15, 0.2) is 12.2 Å². The molecule has 4 aliphatic rings. The lowest BCUT2D eigenvalue weighted by Crippen LogP contribution is -2.54. The Bertz CT molecular complexity index is 713. The minimum absolute atomic E-state index is 0.0338. The molecule has 0 aliphatic carbocycles. The van der Waals surface area contributed by atoms with Gasteiger partial charge >= 0.3 is 6.09 Å². The van der Waals surface area contributed by atoms with E-state index in [1.54, 1.807) is 9.80 Å². The van der Waals surface area contributed by atoms with Crippen LogP contribution in [0.5, 0.6) is 0 Å². The molecule has 0 aromatic rings. The standard InChI is InChI=1S/C21H31N3O5/c1-4-14(5-2)12-24-13-21-7-6-15(29-21)16(17(21)19(24)26)18(25)22-8-10-23(11-9-22)20(27)28-3/h6-7,14-17H,4-5,8-13H2,1-3H3/t15-,16-,17-,21-/m0/s1. The highest BCUT2D eigenvalue weighted by atomic mass is 16.5. The van der Waals surface area contributed by atoms with Gasteiger partial charge in [-0.2, -0.15) is 0 Å². The number of hydrogen-bond acceptors (Lipinski definition) is 5. The SMILES string of the molecule is CCC(CC)CN1C[C@]23C=C[C@H](O2)[C@H](C(=O)N2CCN(C(=O)OC)CC2)[C@H]3C1=O. The van der Waals surface area contributed by atoms with E-state index in [2.05, 4.69) is 13.8 Å². The largest absolute Gasteiger partial charge is 0.453 e. The zero-order valence-corrected chi connectivity index (χ0v) is 17.5. The van der Waals surface area contributed by atoms with E-state index in [1.807, 2.05) is 17.1 Å². The van der Waals surface area contributed by atoms with E-state index >= 15 is 0 Å². The minimum atomic E-state index is -0.651. The van der Waals surface area contributed by atoms with Gasteiger partial charge in [0.05, 0.1) is 31.6 Å². The minimum Gasteiger partial charge on any atom is -0.453 e. The molecule has 8 heteroatoms. The summed E-state index contributed by atoms with van der Waals surface area (Å²) in [6.45, 7) is 7.35. The Morgan fingerprint density at radius 3 is 2.48 bits per heavy atom. The Morgan fingerprint density at radius 1 is 1.21 bits per heavy atom. The molecule has 3 amide bonds. The van der Waals surface area contributed by atoms with Crippen molar-refractivity contribution in [3.63, 3.8) is 0 Å². The van der Waals surface area contributed by atoms with Crippen molar-refractivity contribution in [1.29, 1.82) is 0 Å². The van der Waals surface area contributed by atoms with Gasteiger partial charge < -0.3 is 24.2 Å². The molecule has 2 bridgehead atoms. The first-order valence-corrected chi connectivity index (χ1v) is 10.7. The van der Waals surface area contributed by atoms with Crippen molar-refractivity contribution in [3.05, 3.63) is 12.2 Å². The van der Waals surface area contributed by atoms with Crippen LogP contribution in [0.2, 0.25) is 0 Å². The maximum absolute atomic E-state index is 13.4. The van der Waals surface area contributed by atoms with E-state index < -0.39 is 17.4 Å². The van der Waals surface area contributed by atoms with Gasteiger partial charge in [0.1, 0.15) is 5.60 Å². The summed E-state index contributed by atoms with van der Waals surface area (Å²) in [6, 6.07) is 0. The summed E-state index contributed by atoms with van der Waals surface area (Å²) in [5.74, 6) is -0.415. The van der Waals surface area contributed by atoms with Gasteiger partial charge in [0.25, 0.3) is 0 Å². The van der Waals surface area contributed by atoms with Gasteiger partial charge in [0.15, 0.2) is 0 Å². The van der Waals surface area contributed by atoms with E-state index in [-0.39, 0.29) is 24.0 Å². The van der Waals surface area contributed by atoms with Gasteiger partial charge in [0, 0.05) is 32.7 Å². The maximum atomic E-state index is 13.4. The predicted molar refractivity (Wildman–Crippen MR) is 105 cm³/mol. The van der Waals surface area contributed by atoms with E-state index in [1.165, 1.54) is 7.11 Å². The zero-order valence-electron chi connectivity index (χ0n) is 17.5. The third kappa shape index (κ3) is 3.21. The number of carbonyl (C=O) groups excluding carboxylic acids is 3. The zero-order chi connectivity index (χ0) is 20.8. The van der Waals surface area contributed by atoms with Gasteiger partial charge in [-0.1, -0.05) is 38.8 Å². The van der Waals surface area contributed by atoms with Crippen molar-refractivity contribution in [2.24, 2.45) is 17.8 Å². The Balaban J connectivity index is 1.47. The molecule has 4 rings (SSSR count). The van der Waals surface area contributed by atoms with Crippen LogP contribution >= 0.6 is 0 Å². The van der Waals surface area contributed by atoms with Gasteiger partial charge in [-0.3, -0.25) is 9.59 Å². The molecular weight excluding hydrogens is 374 g/mol. The van der Waals surface area contributed by atoms with Crippen LogP contribution in [0, 0.1) is 17.8 Å². The van der Waals surface area contributed by atoms with Crippen LogP contribution in [-0.2, 0) is 19.1 Å².